The third kappa shape index (κ3) is 1.57. The Kier molecular flexibility index (Phi) is 3.14. The topological polar surface area (TPSA) is 52.9 Å². The zero-order valence-corrected chi connectivity index (χ0v) is 16.0. The molecule has 5 aliphatic carbocycles. The Hall–Kier alpha value is -0.420. The number of nitrogens with zero attached hydrogens (tertiary/aromatic N) is 1. The summed E-state index contributed by atoms with van der Waals surface area (Å²) in [6, 6.07) is 0. The summed E-state index contributed by atoms with van der Waals surface area (Å²) in [5.74, 6) is 1.79. The molecular weight excluding hydrogens is 326 g/mol. The highest BCUT2D eigenvalue weighted by Crippen LogP contribution is 2.78. The van der Waals surface area contributed by atoms with Gasteiger partial charge in [-0.2, -0.15) is 0 Å². The highest BCUT2D eigenvalue weighted by atomic mass is 16.5. The van der Waals surface area contributed by atoms with Gasteiger partial charge in [-0.1, -0.05) is 19.9 Å². The van der Waals surface area contributed by atoms with Gasteiger partial charge in [0.1, 0.15) is 6.23 Å². The number of likely N-dealkylation sites (tertiary alicyclic amines) is 1. The van der Waals surface area contributed by atoms with Crippen molar-refractivity contribution in [3.05, 3.63) is 12.2 Å². The number of aliphatic hydroxyl groups is 2. The number of aliphatic hydroxyl groups excluding tert-OH is 2. The first-order valence-corrected chi connectivity index (χ1v) is 10.8. The predicted molar refractivity (Wildman–Crippen MR) is 98.2 cm³/mol. The monoisotopic (exact) mass is 359 g/mol. The molecule has 7 bridgehead atoms. The Balaban J connectivity index is 1.53. The highest BCUT2D eigenvalue weighted by Gasteiger charge is 2.78. The molecule has 2 N–H and O–H groups in total. The van der Waals surface area contributed by atoms with E-state index in [9.17, 15) is 10.2 Å². The molecule has 0 radical (unpaired) electrons. The molecule has 0 aromatic heterocycles. The van der Waals surface area contributed by atoms with Gasteiger partial charge in [-0.25, -0.2) is 0 Å². The van der Waals surface area contributed by atoms with Crippen LogP contribution in [0.5, 0.6) is 0 Å². The number of rotatable bonds is 2. The first-order chi connectivity index (χ1) is 12.5. The lowest BCUT2D eigenvalue weighted by Crippen LogP contribution is -2.82. The standard InChI is InChI=1S/C22H33NO3/c1-13-14-4-7-22(18(13)25)16(10-14)21-6-3-5-20(2)12-23(8-9-24)19(21)26-17(22)11-15(20)21/h14-19,24-25H,1,3-12H2,2H3/t14-,15+,16-,17-,18+,19+,20-,21?,22+/m0/s1. The Morgan fingerprint density at radius 2 is 2.04 bits per heavy atom. The summed E-state index contributed by atoms with van der Waals surface area (Å²) < 4.78 is 6.86. The first kappa shape index (κ1) is 16.5. The van der Waals surface area contributed by atoms with Crippen LogP contribution in [-0.4, -0.2) is 53.2 Å². The molecule has 0 aromatic carbocycles. The van der Waals surface area contributed by atoms with E-state index in [4.69, 9.17) is 4.74 Å². The molecule has 2 spiro atoms. The molecule has 8 fully saturated rings. The van der Waals surface area contributed by atoms with Gasteiger partial charge in [-0.15, -0.1) is 0 Å². The van der Waals surface area contributed by atoms with Crippen LogP contribution in [0.3, 0.4) is 0 Å². The summed E-state index contributed by atoms with van der Waals surface area (Å²) in [6.07, 6.45) is 8.43. The van der Waals surface area contributed by atoms with Gasteiger partial charge >= 0.3 is 0 Å². The third-order valence-electron chi connectivity index (χ3n) is 10.1. The Labute approximate surface area is 156 Å². The van der Waals surface area contributed by atoms with Crippen molar-refractivity contribution in [2.24, 2.45) is 34.0 Å². The zero-order valence-electron chi connectivity index (χ0n) is 16.0. The SMILES string of the molecule is C=C1[C@H]2CC[C@@]3([C@@H]4C[C@H]5C6(CCC[C@@]5(C)CN(CCO)[C@@H]6O4)[C@@H]3C2)[C@@H]1O. The van der Waals surface area contributed by atoms with Gasteiger partial charge < -0.3 is 14.9 Å². The maximum atomic E-state index is 11.3. The van der Waals surface area contributed by atoms with Crippen LogP contribution in [0.15, 0.2) is 12.2 Å². The molecule has 4 heteroatoms. The molecule has 0 amide bonds. The predicted octanol–water partition coefficient (Wildman–Crippen LogP) is 2.55. The lowest BCUT2D eigenvalue weighted by molar-refractivity contribution is -0.405. The van der Waals surface area contributed by atoms with Gasteiger partial charge in [0.25, 0.3) is 0 Å². The van der Waals surface area contributed by atoms with Crippen molar-refractivity contribution in [2.75, 3.05) is 19.7 Å². The molecule has 3 saturated heterocycles. The van der Waals surface area contributed by atoms with Crippen molar-refractivity contribution in [2.45, 2.75) is 70.3 Å². The molecular formula is C22H33NO3. The summed E-state index contributed by atoms with van der Waals surface area (Å²) in [5, 5.41) is 21.0. The Morgan fingerprint density at radius 1 is 1.19 bits per heavy atom. The fraction of sp³-hybridized carbons (Fsp3) is 0.909. The van der Waals surface area contributed by atoms with Gasteiger partial charge in [-0.3, -0.25) is 4.90 Å². The van der Waals surface area contributed by atoms with Crippen LogP contribution in [0, 0.1) is 34.0 Å². The molecule has 3 heterocycles. The largest absolute Gasteiger partial charge is 0.395 e. The zero-order chi connectivity index (χ0) is 17.9. The lowest BCUT2D eigenvalue weighted by Gasteiger charge is -2.79. The second-order valence-electron chi connectivity index (χ2n) is 10.7. The minimum absolute atomic E-state index is 0.0840. The van der Waals surface area contributed by atoms with E-state index >= 15 is 0 Å². The first-order valence-electron chi connectivity index (χ1n) is 10.8. The maximum absolute atomic E-state index is 11.3. The third-order valence-corrected chi connectivity index (χ3v) is 10.1. The van der Waals surface area contributed by atoms with Crippen molar-refractivity contribution < 1.29 is 14.9 Å². The van der Waals surface area contributed by atoms with E-state index in [1.807, 2.05) is 0 Å². The smallest absolute Gasteiger partial charge is 0.117 e. The van der Waals surface area contributed by atoms with Gasteiger partial charge in [0, 0.05) is 23.9 Å². The van der Waals surface area contributed by atoms with Crippen LogP contribution >= 0.6 is 0 Å². The van der Waals surface area contributed by atoms with Crippen molar-refractivity contribution in [3.8, 4) is 0 Å². The van der Waals surface area contributed by atoms with Gasteiger partial charge in [0.05, 0.1) is 18.8 Å². The quantitative estimate of drug-likeness (QED) is 0.744. The summed E-state index contributed by atoms with van der Waals surface area (Å²) in [4.78, 5) is 2.47. The number of fused-ring (bicyclic) bond motifs is 2. The van der Waals surface area contributed by atoms with E-state index in [-0.39, 0.29) is 35.9 Å². The molecule has 4 nitrogen and oxygen atoms in total. The minimum atomic E-state index is -0.373. The molecule has 144 valence electrons. The van der Waals surface area contributed by atoms with Crippen molar-refractivity contribution >= 4 is 0 Å². The Morgan fingerprint density at radius 3 is 2.85 bits per heavy atom. The minimum Gasteiger partial charge on any atom is -0.395 e. The van der Waals surface area contributed by atoms with Crippen LogP contribution in [0.25, 0.3) is 0 Å². The maximum Gasteiger partial charge on any atom is 0.117 e. The molecule has 8 rings (SSSR count). The number of piperidine rings is 1. The lowest BCUT2D eigenvalue weighted by atomic mass is 9.32. The summed E-state index contributed by atoms with van der Waals surface area (Å²) in [5.41, 5.74) is 1.53. The average Bonchev–Trinajstić information content (AvgIpc) is 2.63. The second-order valence-corrected chi connectivity index (χ2v) is 10.7. The van der Waals surface area contributed by atoms with Crippen LogP contribution in [0.4, 0.5) is 0 Å². The molecule has 5 saturated carbocycles. The number of β-amino-alcohol motifs (C(OH)–C–C–N with tert-alkyl or cyclic N) is 1. The molecule has 9 atom stereocenters. The van der Waals surface area contributed by atoms with E-state index in [1.54, 1.807) is 0 Å². The van der Waals surface area contributed by atoms with Crippen LogP contribution in [0.2, 0.25) is 0 Å². The van der Waals surface area contributed by atoms with Crippen LogP contribution in [0.1, 0.15) is 51.9 Å². The van der Waals surface area contributed by atoms with Gasteiger partial charge in [0.2, 0.25) is 0 Å². The number of ether oxygens (including phenoxy) is 1. The number of hydrogen-bond acceptors (Lipinski definition) is 4. The van der Waals surface area contributed by atoms with Crippen LogP contribution in [-0.2, 0) is 4.74 Å². The van der Waals surface area contributed by atoms with Crippen molar-refractivity contribution in [1.29, 1.82) is 0 Å². The van der Waals surface area contributed by atoms with Gasteiger partial charge in [-0.05, 0) is 67.3 Å². The molecule has 3 aliphatic heterocycles. The van der Waals surface area contributed by atoms with Crippen molar-refractivity contribution in [1.82, 2.24) is 4.90 Å². The normalized spacial score (nSPS) is 60.2. The molecule has 26 heavy (non-hydrogen) atoms. The molecule has 8 aliphatic rings. The second kappa shape index (κ2) is 4.94. The summed E-state index contributed by atoms with van der Waals surface area (Å²) in [6.45, 7) is 8.80. The van der Waals surface area contributed by atoms with Crippen LogP contribution < -0.4 is 0 Å². The molecule has 0 aromatic rings. The van der Waals surface area contributed by atoms with Gasteiger partial charge in [0.15, 0.2) is 0 Å². The molecule has 1 unspecified atom stereocenters. The average molecular weight is 360 g/mol. The number of hydrogen-bond donors (Lipinski definition) is 2. The van der Waals surface area contributed by atoms with E-state index in [0.29, 0.717) is 17.3 Å². The summed E-state index contributed by atoms with van der Waals surface area (Å²) >= 11 is 0. The van der Waals surface area contributed by atoms with E-state index in [1.165, 1.54) is 32.1 Å². The van der Waals surface area contributed by atoms with Crippen molar-refractivity contribution in [3.63, 3.8) is 0 Å². The Bertz CT molecular complexity index is 666. The van der Waals surface area contributed by atoms with E-state index in [0.717, 1.165) is 37.4 Å². The fourth-order valence-corrected chi connectivity index (χ4v) is 9.30. The van der Waals surface area contributed by atoms with E-state index < -0.39 is 0 Å². The highest BCUT2D eigenvalue weighted by molar-refractivity contribution is 5.32. The van der Waals surface area contributed by atoms with E-state index in [2.05, 4.69) is 18.4 Å². The fourth-order valence-electron chi connectivity index (χ4n) is 9.30. The summed E-state index contributed by atoms with van der Waals surface area (Å²) in [7, 11) is 0.